The number of carboxylic acids is 1. The lowest BCUT2D eigenvalue weighted by Crippen LogP contribution is -2.35. The molecule has 0 spiro atoms. The highest BCUT2D eigenvalue weighted by Crippen LogP contribution is 2.28. The van der Waals surface area contributed by atoms with Crippen LogP contribution in [-0.4, -0.2) is 36.9 Å². The van der Waals surface area contributed by atoms with Gasteiger partial charge in [0.2, 0.25) is 10.0 Å². The first kappa shape index (κ1) is 16.0. The molecule has 1 aromatic rings. The van der Waals surface area contributed by atoms with Gasteiger partial charge in [-0.15, -0.1) is 0 Å². The van der Waals surface area contributed by atoms with Crippen molar-refractivity contribution in [3.63, 3.8) is 0 Å². The Kier molecular flexibility index (Phi) is 4.68. The molecule has 116 valence electrons. The van der Waals surface area contributed by atoms with E-state index in [1.165, 1.54) is 16.4 Å². The molecule has 5 nitrogen and oxygen atoms in total. The van der Waals surface area contributed by atoms with Gasteiger partial charge in [-0.2, -0.15) is 4.31 Å². The van der Waals surface area contributed by atoms with Gasteiger partial charge in [0.05, 0.1) is 10.5 Å². The number of rotatable bonds is 5. The Morgan fingerprint density at radius 2 is 1.95 bits per heavy atom. The summed E-state index contributed by atoms with van der Waals surface area (Å²) in [6, 6.07) is 4.40. The first-order valence-corrected chi connectivity index (χ1v) is 8.66. The molecule has 1 aliphatic carbocycles. The molecule has 0 aliphatic heterocycles. The fourth-order valence-corrected chi connectivity index (χ4v) is 4.30. The molecular weight excluding hydrogens is 290 g/mol. The third-order valence-corrected chi connectivity index (χ3v) is 6.11. The second-order valence-corrected chi connectivity index (χ2v) is 7.43. The topological polar surface area (TPSA) is 74.7 Å². The minimum absolute atomic E-state index is 0.0223. The normalized spacial score (nSPS) is 16.5. The van der Waals surface area contributed by atoms with Gasteiger partial charge in [0.1, 0.15) is 0 Å². The van der Waals surface area contributed by atoms with Crippen LogP contribution in [0.15, 0.2) is 23.1 Å². The van der Waals surface area contributed by atoms with Gasteiger partial charge in [-0.25, -0.2) is 13.2 Å². The van der Waals surface area contributed by atoms with Crippen molar-refractivity contribution in [2.24, 2.45) is 0 Å². The van der Waals surface area contributed by atoms with Crippen molar-refractivity contribution in [3.05, 3.63) is 29.3 Å². The van der Waals surface area contributed by atoms with Crippen LogP contribution in [0.5, 0.6) is 0 Å². The number of sulfonamides is 1. The summed E-state index contributed by atoms with van der Waals surface area (Å²) in [6.07, 6.45) is 4.38. The SMILES string of the molecule is CCc1ccc(S(=O)(=O)N(C)C2CCCC2)cc1C(=O)O. The lowest BCUT2D eigenvalue weighted by molar-refractivity contribution is 0.0695. The number of aryl methyl sites for hydroxylation is 1. The number of benzene rings is 1. The molecule has 1 fully saturated rings. The van der Waals surface area contributed by atoms with Crippen LogP contribution in [-0.2, 0) is 16.4 Å². The van der Waals surface area contributed by atoms with Crippen molar-refractivity contribution in [2.45, 2.75) is 50.0 Å². The van der Waals surface area contributed by atoms with E-state index >= 15 is 0 Å². The number of nitrogens with zero attached hydrogens (tertiary/aromatic N) is 1. The first-order chi connectivity index (χ1) is 9.87. The van der Waals surface area contributed by atoms with Crippen LogP contribution in [0.2, 0.25) is 0 Å². The average molecular weight is 311 g/mol. The molecular formula is C15H21NO4S. The van der Waals surface area contributed by atoms with E-state index in [1.807, 2.05) is 6.92 Å². The van der Waals surface area contributed by atoms with E-state index in [0.29, 0.717) is 12.0 Å². The summed E-state index contributed by atoms with van der Waals surface area (Å²) >= 11 is 0. The van der Waals surface area contributed by atoms with Gasteiger partial charge in [-0.1, -0.05) is 25.8 Å². The molecule has 0 saturated heterocycles. The van der Waals surface area contributed by atoms with Crippen LogP contribution in [0.1, 0.15) is 48.5 Å². The zero-order valence-corrected chi connectivity index (χ0v) is 13.2. The van der Waals surface area contributed by atoms with E-state index in [2.05, 4.69) is 0 Å². The van der Waals surface area contributed by atoms with Gasteiger partial charge < -0.3 is 5.11 Å². The van der Waals surface area contributed by atoms with E-state index in [1.54, 1.807) is 13.1 Å². The van der Waals surface area contributed by atoms with Crippen molar-refractivity contribution in [3.8, 4) is 0 Å². The Bertz CT molecular complexity index is 633. The van der Waals surface area contributed by atoms with Crippen molar-refractivity contribution in [1.82, 2.24) is 4.31 Å². The molecule has 21 heavy (non-hydrogen) atoms. The van der Waals surface area contributed by atoms with Crippen LogP contribution >= 0.6 is 0 Å². The van der Waals surface area contributed by atoms with Gasteiger partial charge in [-0.3, -0.25) is 0 Å². The maximum absolute atomic E-state index is 12.6. The van der Waals surface area contributed by atoms with Crippen molar-refractivity contribution in [2.75, 3.05) is 7.05 Å². The Hall–Kier alpha value is -1.40. The molecule has 0 bridgehead atoms. The third kappa shape index (κ3) is 3.11. The van der Waals surface area contributed by atoms with Crippen LogP contribution in [0, 0.1) is 0 Å². The molecule has 2 rings (SSSR count). The molecule has 1 aromatic carbocycles. The number of aromatic carboxylic acids is 1. The second kappa shape index (κ2) is 6.15. The van der Waals surface area contributed by atoms with Crippen LogP contribution in [0.4, 0.5) is 0 Å². The standard InChI is InChI=1S/C15H21NO4S/c1-3-11-8-9-13(10-14(11)15(17)18)21(19,20)16(2)12-6-4-5-7-12/h8-10,12H,3-7H2,1-2H3,(H,17,18). The molecule has 6 heteroatoms. The zero-order valence-electron chi connectivity index (χ0n) is 12.4. The van der Waals surface area contributed by atoms with Crippen molar-refractivity contribution < 1.29 is 18.3 Å². The molecule has 0 atom stereocenters. The number of carbonyl (C=O) groups is 1. The monoisotopic (exact) mass is 311 g/mol. The summed E-state index contributed by atoms with van der Waals surface area (Å²) in [6.45, 7) is 1.85. The average Bonchev–Trinajstić information content (AvgIpc) is 2.99. The Labute approximate surface area is 125 Å². The lowest BCUT2D eigenvalue weighted by Gasteiger charge is -2.24. The molecule has 0 heterocycles. The summed E-state index contributed by atoms with van der Waals surface area (Å²) in [4.78, 5) is 11.3. The molecule has 0 unspecified atom stereocenters. The van der Waals surface area contributed by atoms with E-state index in [0.717, 1.165) is 25.7 Å². The molecule has 0 radical (unpaired) electrons. The van der Waals surface area contributed by atoms with Crippen molar-refractivity contribution >= 4 is 16.0 Å². The van der Waals surface area contributed by atoms with Crippen LogP contribution in [0.25, 0.3) is 0 Å². The van der Waals surface area contributed by atoms with E-state index < -0.39 is 16.0 Å². The summed E-state index contributed by atoms with van der Waals surface area (Å²) in [7, 11) is -2.05. The summed E-state index contributed by atoms with van der Waals surface area (Å²) in [5.41, 5.74) is 0.711. The largest absolute Gasteiger partial charge is 0.478 e. The highest BCUT2D eigenvalue weighted by Gasteiger charge is 2.30. The van der Waals surface area contributed by atoms with Crippen LogP contribution < -0.4 is 0 Å². The van der Waals surface area contributed by atoms with Gasteiger partial charge in [0.25, 0.3) is 0 Å². The number of hydrogen-bond donors (Lipinski definition) is 1. The Balaban J connectivity index is 2.40. The van der Waals surface area contributed by atoms with E-state index in [9.17, 15) is 18.3 Å². The van der Waals surface area contributed by atoms with E-state index in [4.69, 9.17) is 0 Å². The minimum atomic E-state index is -3.63. The van der Waals surface area contributed by atoms with Gasteiger partial charge in [0, 0.05) is 13.1 Å². The Morgan fingerprint density at radius 3 is 2.48 bits per heavy atom. The van der Waals surface area contributed by atoms with Crippen LogP contribution in [0.3, 0.4) is 0 Å². The molecule has 1 N–H and O–H groups in total. The fraction of sp³-hybridized carbons (Fsp3) is 0.533. The lowest BCUT2D eigenvalue weighted by atomic mass is 10.1. The Morgan fingerprint density at radius 1 is 1.33 bits per heavy atom. The molecule has 1 aliphatic rings. The predicted molar refractivity (Wildman–Crippen MR) is 80.0 cm³/mol. The maximum atomic E-state index is 12.6. The molecule has 0 aromatic heterocycles. The highest BCUT2D eigenvalue weighted by atomic mass is 32.2. The minimum Gasteiger partial charge on any atom is -0.478 e. The summed E-state index contributed by atoms with van der Waals surface area (Å²) < 4.78 is 26.6. The zero-order chi connectivity index (χ0) is 15.6. The predicted octanol–water partition coefficient (Wildman–Crippen LogP) is 2.51. The first-order valence-electron chi connectivity index (χ1n) is 7.22. The van der Waals surface area contributed by atoms with Gasteiger partial charge in [0.15, 0.2) is 0 Å². The van der Waals surface area contributed by atoms with E-state index in [-0.39, 0.29) is 16.5 Å². The third-order valence-electron chi connectivity index (χ3n) is 4.21. The molecule has 0 amide bonds. The number of hydrogen-bond acceptors (Lipinski definition) is 3. The highest BCUT2D eigenvalue weighted by molar-refractivity contribution is 7.89. The van der Waals surface area contributed by atoms with Gasteiger partial charge in [-0.05, 0) is 37.0 Å². The summed E-state index contributed by atoms with van der Waals surface area (Å²) in [5, 5.41) is 9.23. The quantitative estimate of drug-likeness (QED) is 0.906. The van der Waals surface area contributed by atoms with Crippen molar-refractivity contribution in [1.29, 1.82) is 0 Å². The maximum Gasteiger partial charge on any atom is 0.336 e. The molecule has 1 saturated carbocycles. The second-order valence-electron chi connectivity index (χ2n) is 5.44. The van der Waals surface area contributed by atoms with Gasteiger partial charge >= 0.3 is 5.97 Å². The smallest absolute Gasteiger partial charge is 0.336 e. The summed E-state index contributed by atoms with van der Waals surface area (Å²) in [5.74, 6) is -1.09. The number of carboxylic acid groups (broad SMARTS) is 1. The fourth-order valence-electron chi connectivity index (χ4n) is 2.85.